The largest absolute Gasteiger partial charge is 0.497 e. The number of esters is 1. The number of nitrogens with one attached hydrogen (secondary N) is 2. The van der Waals surface area contributed by atoms with Crippen LogP contribution in [0, 0.1) is 0 Å². The lowest BCUT2D eigenvalue weighted by atomic mass is 10.2. The molecular weight excluding hydrogens is 346 g/mol. The van der Waals surface area contributed by atoms with Crippen molar-refractivity contribution in [3.63, 3.8) is 0 Å². The normalized spacial score (nSPS) is 11.5. The fourth-order valence-corrected chi connectivity index (χ4v) is 1.73. The number of anilines is 1. The Morgan fingerprint density at radius 1 is 1.28 bits per heavy atom. The first kappa shape index (κ1) is 20.2. The van der Waals surface area contributed by atoms with E-state index >= 15 is 0 Å². The van der Waals surface area contributed by atoms with E-state index in [-0.39, 0.29) is 23.1 Å². The molecule has 25 heavy (non-hydrogen) atoms. The number of hydrazone groups is 2. The third-order valence-electron chi connectivity index (χ3n) is 2.84. The second kappa shape index (κ2) is 10.1. The number of hydrogen-bond acceptors (Lipinski definition) is 8. The van der Waals surface area contributed by atoms with Crippen molar-refractivity contribution in [1.82, 2.24) is 5.43 Å². The summed E-state index contributed by atoms with van der Waals surface area (Å²) in [5.41, 5.74) is 11.2. The molecular formula is C15H21N5O4S. The van der Waals surface area contributed by atoms with E-state index in [2.05, 4.69) is 33.3 Å². The second-order valence-electron chi connectivity index (χ2n) is 4.53. The van der Waals surface area contributed by atoms with Crippen LogP contribution in [0.5, 0.6) is 11.5 Å². The third kappa shape index (κ3) is 6.26. The number of rotatable bonds is 8. The highest BCUT2D eigenvalue weighted by Gasteiger charge is 2.17. The van der Waals surface area contributed by atoms with Gasteiger partial charge in [0.05, 0.1) is 26.5 Å². The van der Waals surface area contributed by atoms with Crippen LogP contribution in [0.15, 0.2) is 28.4 Å². The first-order valence-corrected chi connectivity index (χ1v) is 7.66. The van der Waals surface area contributed by atoms with Crippen LogP contribution in [0.1, 0.15) is 13.8 Å². The van der Waals surface area contributed by atoms with E-state index in [0.717, 1.165) is 0 Å². The average molecular weight is 367 g/mol. The number of carbonyl (C=O) groups excluding carboxylic acids is 1. The molecule has 136 valence electrons. The number of methoxy groups -OCH3 is 2. The molecule has 9 nitrogen and oxygen atoms in total. The second-order valence-corrected chi connectivity index (χ2v) is 4.97. The fourth-order valence-electron chi connectivity index (χ4n) is 1.68. The molecule has 0 unspecified atom stereocenters. The molecule has 0 bridgehead atoms. The molecule has 0 saturated carbocycles. The topological polar surface area (TPSA) is 120 Å². The third-order valence-corrected chi connectivity index (χ3v) is 2.93. The molecule has 0 aliphatic heterocycles. The minimum absolute atomic E-state index is 0.0371. The maximum Gasteiger partial charge on any atom is 0.360 e. The maximum atomic E-state index is 12.1. The quantitative estimate of drug-likeness (QED) is 0.272. The molecule has 4 N–H and O–H groups in total. The first-order valence-electron chi connectivity index (χ1n) is 7.25. The maximum absolute atomic E-state index is 12.1. The van der Waals surface area contributed by atoms with E-state index in [1.165, 1.54) is 14.2 Å². The molecule has 0 saturated heterocycles. The van der Waals surface area contributed by atoms with Crippen LogP contribution in [0.25, 0.3) is 0 Å². The molecule has 1 rings (SSSR count). The highest BCUT2D eigenvalue weighted by molar-refractivity contribution is 7.80. The van der Waals surface area contributed by atoms with Crippen LogP contribution < -0.4 is 26.1 Å². The molecule has 0 radical (unpaired) electrons. The van der Waals surface area contributed by atoms with Gasteiger partial charge in [-0.15, -0.1) is 0 Å². The number of benzene rings is 1. The van der Waals surface area contributed by atoms with E-state index in [1.54, 1.807) is 32.0 Å². The van der Waals surface area contributed by atoms with Crippen LogP contribution in [-0.2, 0) is 9.53 Å². The van der Waals surface area contributed by atoms with Crippen LogP contribution in [0.3, 0.4) is 0 Å². The predicted molar refractivity (Wildman–Crippen MR) is 100 cm³/mol. The minimum atomic E-state index is -0.650. The molecule has 0 amide bonds. The highest BCUT2D eigenvalue weighted by Crippen LogP contribution is 2.28. The lowest BCUT2D eigenvalue weighted by molar-refractivity contribution is -0.134. The van der Waals surface area contributed by atoms with Crippen LogP contribution in [-0.4, -0.2) is 43.3 Å². The Hall–Kier alpha value is -2.88. The zero-order valence-corrected chi connectivity index (χ0v) is 15.3. The van der Waals surface area contributed by atoms with Crippen LogP contribution in [0.2, 0.25) is 0 Å². The van der Waals surface area contributed by atoms with Gasteiger partial charge in [0.25, 0.3) is 0 Å². The van der Waals surface area contributed by atoms with Crippen molar-refractivity contribution in [1.29, 1.82) is 0 Å². The van der Waals surface area contributed by atoms with Gasteiger partial charge in [0, 0.05) is 6.07 Å². The molecule has 1 aromatic carbocycles. The van der Waals surface area contributed by atoms with Crippen molar-refractivity contribution < 1.29 is 19.0 Å². The van der Waals surface area contributed by atoms with Crippen molar-refractivity contribution in [2.45, 2.75) is 13.8 Å². The lowest BCUT2D eigenvalue weighted by Crippen LogP contribution is -2.30. The number of nitrogens with two attached hydrogens (primary N) is 1. The smallest absolute Gasteiger partial charge is 0.360 e. The SMILES string of the molecule is CCOC(=O)C(=N/Nc1cc(OC)ccc1OC)/C(C)=N/NC(N)=S. The van der Waals surface area contributed by atoms with Gasteiger partial charge in [0.15, 0.2) is 10.8 Å². The summed E-state index contributed by atoms with van der Waals surface area (Å²) in [5, 5.41) is 7.93. The van der Waals surface area contributed by atoms with Gasteiger partial charge in [-0.3, -0.25) is 10.9 Å². The molecule has 0 spiro atoms. The zero-order valence-electron chi connectivity index (χ0n) is 14.5. The van der Waals surface area contributed by atoms with Gasteiger partial charge >= 0.3 is 5.97 Å². The summed E-state index contributed by atoms with van der Waals surface area (Å²) in [6, 6.07) is 5.11. The Morgan fingerprint density at radius 2 is 2.00 bits per heavy atom. The van der Waals surface area contributed by atoms with Crippen molar-refractivity contribution >= 4 is 40.4 Å². The Balaban J connectivity index is 3.16. The van der Waals surface area contributed by atoms with Gasteiger partial charge in [0.1, 0.15) is 17.2 Å². The average Bonchev–Trinajstić information content (AvgIpc) is 2.60. The van der Waals surface area contributed by atoms with Crippen molar-refractivity contribution in [2.75, 3.05) is 26.3 Å². The summed E-state index contributed by atoms with van der Waals surface area (Å²) in [7, 11) is 3.05. The Morgan fingerprint density at radius 3 is 2.56 bits per heavy atom. The molecule has 1 aromatic rings. The Bertz CT molecular complexity index is 690. The number of ether oxygens (including phenoxy) is 3. The molecule has 0 aliphatic rings. The van der Waals surface area contributed by atoms with Crippen molar-refractivity contribution in [3.05, 3.63) is 18.2 Å². The summed E-state index contributed by atoms with van der Waals surface area (Å²) in [4.78, 5) is 12.1. The number of hydrogen-bond donors (Lipinski definition) is 3. The predicted octanol–water partition coefficient (Wildman–Crippen LogP) is 1.24. The number of carbonyl (C=O) groups is 1. The van der Waals surface area contributed by atoms with E-state index in [9.17, 15) is 4.79 Å². The van der Waals surface area contributed by atoms with Gasteiger partial charge in [-0.2, -0.15) is 10.2 Å². The van der Waals surface area contributed by atoms with Crippen molar-refractivity contribution in [3.8, 4) is 11.5 Å². The molecule has 0 aromatic heterocycles. The van der Waals surface area contributed by atoms with E-state index in [1.807, 2.05) is 0 Å². The molecule has 0 aliphatic carbocycles. The zero-order chi connectivity index (χ0) is 18.8. The van der Waals surface area contributed by atoms with E-state index in [0.29, 0.717) is 17.2 Å². The van der Waals surface area contributed by atoms with Gasteiger partial charge in [-0.1, -0.05) is 0 Å². The molecule has 0 heterocycles. The fraction of sp³-hybridized carbons (Fsp3) is 0.333. The van der Waals surface area contributed by atoms with Gasteiger partial charge in [0.2, 0.25) is 0 Å². The van der Waals surface area contributed by atoms with E-state index < -0.39 is 5.97 Å². The van der Waals surface area contributed by atoms with Crippen molar-refractivity contribution in [2.24, 2.45) is 15.9 Å². The standard InChI is InChI=1S/C15H21N5O4S/c1-5-24-14(21)13(9(2)17-20-15(16)25)19-18-11-8-10(22-3)6-7-12(11)23-4/h6-8,18H,5H2,1-4H3,(H3,16,20,25)/b17-9+,19-13+. The molecule has 0 atom stereocenters. The molecule has 10 heteroatoms. The Labute approximate surface area is 151 Å². The first-order chi connectivity index (χ1) is 11.9. The lowest BCUT2D eigenvalue weighted by Gasteiger charge is -2.11. The summed E-state index contributed by atoms with van der Waals surface area (Å²) in [6.07, 6.45) is 0. The summed E-state index contributed by atoms with van der Waals surface area (Å²) in [6.45, 7) is 3.44. The number of nitrogens with zero attached hydrogens (tertiary/aromatic N) is 2. The number of thiocarbonyl (C=S) groups is 1. The van der Waals surface area contributed by atoms with Gasteiger partial charge < -0.3 is 19.9 Å². The highest BCUT2D eigenvalue weighted by atomic mass is 32.1. The van der Waals surface area contributed by atoms with Gasteiger partial charge in [-0.05, 0) is 38.2 Å². The van der Waals surface area contributed by atoms with Gasteiger partial charge in [-0.25, -0.2) is 4.79 Å². The van der Waals surface area contributed by atoms with Crippen LogP contribution in [0.4, 0.5) is 5.69 Å². The Kier molecular flexibility index (Phi) is 8.13. The monoisotopic (exact) mass is 367 g/mol. The summed E-state index contributed by atoms with van der Waals surface area (Å²) >= 11 is 4.68. The summed E-state index contributed by atoms with van der Waals surface area (Å²) < 4.78 is 15.4. The summed E-state index contributed by atoms with van der Waals surface area (Å²) in [5.74, 6) is 0.461. The molecule has 0 fully saturated rings. The minimum Gasteiger partial charge on any atom is -0.497 e. The van der Waals surface area contributed by atoms with Crippen LogP contribution >= 0.6 is 12.2 Å². The van der Waals surface area contributed by atoms with E-state index in [4.69, 9.17) is 19.9 Å².